The summed E-state index contributed by atoms with van der Waals surface area (Å²) >= 11 is 0. The second-order valence-corrected chi connectivity index (χ2v) is 3.57. The fourth-order valence-electron chi connectivity index (χ4n) is 1.77. The molecule has 2 aromatic rings. The molecule has 2 N–H and O–H groups in total. The summed E-state index contributed by atoms with van der Waals surface area (Å²) in [6.45, 7) is 4.65. The number of aryl methyl sites for hydroxylation is 2. The van der Waals surface area contributed by atoms with Gasteiger partial charge in [0.15, 0.2) is 0 Å². The van der Waals surface area contributed by atoms with Crippen molar-refractivity contribution in [2.24, 2.45) is 5.73 Å². The summed E-state index contributed by atoms with van der Waals surface area (Å²) in [5.74, 6) is 0. The molecule has 72 valence electrons. The largest absolute Gasteiger partial charge is 0.325 e. The Morgan fingerprint density at radius 2 is 2.00 bits per heavy atom. The Labute approximate surface area is 83.8 Å². The Bertz CT molecular complexity index is 475. The standard InChI is InChI=1S/C12H14N2/c1-8-4-3-5-11-9(2)14-10(7-13)6-12(8)11/h3-6H,7,13H2,1-2H3. The van der Waals surface area contributed by atoms with Crippen molar-refractivity contribution in [1.29, 1.82) is 0 Å². The maximum atomic E-state index is 5.60. The molecule has 2 rings (SSSR count). The predicted molar refractivity (Wildman–Crippen MR) is 59.1 cm³/mol. The molecule has 0 aliphatic rings. The van der Waals surface area contributed by atoms with Gasteiger partial charge in [-0.3, -0.25) is 4.98 Å². The molecule has 1 aromatic carbocycles. The lowest BCUT2D eigenvalue weighted by atomic mass is 10.0. The molecule has 14 heavy (non-hydrogen) atoms. The van der Waals surface area contributed by atoms with Gasteiger partial charge in [0.1, 0.15) is 0 Å². The molecular formula is C12H14N2. The molecule has 0 saturated carbocycles. The highest BCUT2D eigenvalue weighted by Crippen LogP contribution is 2.21. The van der Waals surface area contributed by atoms with Gasteiger partial charge in [0, 0.05) is 17.6 Å². The van der Waals surface area contributed by atoms with Crippen molar-refractivity contribution in [1.82, 2.24) is 4.98 Å². The Balaban J connectivity index is 2.83. The lowest BCUT2D eigenvalue weighted by Crippen LogP contribution is -2.01. The van der Waals surface area contributed by atoms with Gasteiger partial charge < -0.3 is 5.73 Å². The molecule has 0 bridgehead atoms. The lowest BCUT2D eigenvalue weighted by Gasteiger charge is -2.06. The molecule has 0 aliphatic heterocycles. The fourth-order valence-corrected chi connectivity index (χ4v) is 1.77. The van der Waals surface area contributed by atoms with Gasteiger partial charge in [0.05, 0.1) is 5.69 Å². The molecule has 1 heterocycles. The molecule has 1 aromatic heterocycles. The van der Waals surface area contributed by atoms with Crippen molar-refractivity contribution >= 4 is 10.8 Å². The van der Waals surface area contributed by atoms with Crippen LogP contribution in [0.25, 0.3) is 10.8 Å². The van der Waals surface area contributed by atoms with Crippen LogP contribution < -0.4 is 5.73 Å². The van der Waals surface area contributed by atoms with Crippen molar-refractivity contribution in [3.05, 3.63) is 41.2 Å². The summed E-state index contributed by atoms with van der Waals surface area (Å²) in [7, 11) is 0. The molecule has 0 spiro atoms. The van der Waals surface area contributed by atoms with Crippen molar-refractivity contribution in [2.45, 2.75) is 20.4 Å². The third kappa shape index (κ3) is 1.38. The summed E-state index contributed by atoms with van der Waals surface area (Å²) in [6, 6.07) is 8.36. The van der Waals surface area contributed by atoms with E-state index in [0.717, 1.165) is 11.4 Å². The molecule has 0 aliphatic carbocycles. The number of aromatic nitrogens is 1. The van der Waals surface area contributed by atoms with Crippen LogP contribution in [0.5, 0.6) is 0 Å². The zero-order valence-corrected chi connectivity index (χ0v) is 8.54. The first-order valence-corrected chi connectivity index (χ1v) is 4.78. The van der Waals surface area contributed by atoms with Crippen LogP contribution in [-0.4, -0.2) is 4.98 Å². The first-order chi connectivity index (χ1) is 6.72. The topological polar surface area (TPSA) is 38.9 Å². The second kappa shape index (κ2) is 3.39. The van der Waals surface area contributed by atoms with Crippen molar-refractivity contribution in [3.8, 4) is 0 Å². The molecule has 0 atom stereocenters. The van der Waals surface area contributed by atoms with E-state index in [1.165, 1.54) is 16.3 Å². The monoisotopic (exact) mass is 186 g/mol. The van der Waals surface area contributed by atoms with Crippen LogP contribution in [0.1, 0.15) is 17.0 Å². The highest BCUT2D eigenvalue weighted by atomic mass is 14.7. The average Bonchev–Trinajstić information content (AvgIpc) is 2.19. The Kier molecular flexibility index (Phi) is 2.22. The zero-order chi connectivity index (χ0) is 10.1. The van der Waals surface area contributed by atoms with Crippen LogP contribution in [0, 0.1) is 13.8 Å². The maximum absolute atomic E-state index is 5.60. The average molecular weight is 186 g/mol. The number of nitrogens with two attached hydrogens (primary N) is 1. The number of hydrogen-bond donors (Lipinski definition) is 1. The fraction of sp³-hybridized carbons (Fsp3) is 0.250. The normalized spacial score (nSPS) is 10.8. The first kappa shape index (κ1) is 9.16. The summed E-state index contributed by atoms with van der Waals surface area (Å²) in [4.78, 5) is 4.44. The summed E-state index contributed by atoms with van der Waals surface area (Å²) in [6.07, 6.45) is 0. The smallest absolute Gasteiger partial charge is 0.0549 e. The molecule has 0 saturated heterocycles. The highest BCUT2D eigenvalue weighted by molar-refractivity contribution is 5.87. The van der Waals surface area contributed by atoms with E-state index in [9.17, 15) is 0 Å². The Hall–Kier alpha value is -1.41. The van der Waals surface area contributed by atoms with Crippen LogP contribution >= 0.6 is 0 Å². The maximum Gasteiger partial charge on any atom is 0.0549 e. The van der Waals surface area contributed by atoms with Gasteiger partial charge in [0.2, 0.25) is 0 Å². The van der Waals surface area contributed by atoms with Gasteiger partial charge in [-0.05, 0) is 30.9 Å². The lowest BCUT2D eigenvalue weighted by molar-refractivity contribution is 0.979. The van der Waals surface area contributed by atoms with Crippen LogP contribution in [0.2, 0.25) is 0 Å². The number of benzene rings is 1. The van der Waals surface area contributed by atoms with Crippen molar-refractivity contribution in [2.75, 3.05) is 0 Å². The Morgan fingerprint density at radius 1 is 1.21 bits per heavy atom. The number of rotatable bonds is 1. The number of hydrogen-bond acceptors (Lipinski definition) is 2. The molecule has 0 amide bonds. The summed E-state index contributed by atoms with van der Waals surface area (Å²) in [5.41, 5.74) is 8.90. The van der Waals surface area contributed by atoms with Crippen LogP contribution in [0.4, 0.5) is 0 Å². The van der Waals surface area contributed by atoms with Gasteiger partial charge in [-0.1, -0.05) is 18.2 Å². The predicted octanol–water partition coefficient (Wildman–Crippen LogP) is 2.31. The molecule has 2 nitrogen and oxygen atoms in total. The van der Waals surface area contributed by atoms with Crippen LogP contribution in [0.3, 0.4) is 0 Å². The number of nitrogens with zero attached hydrogens (tertiary/aromatic N) is 1. The first-order valence-electron chi connectivity index (χ1n) is 4.78. The minimum absolute atomic E-state index is 0.505. The minimum Gasteiger partial charge on any atom is -0.325 e. The second-order valence-electron chi connectivity index (χ2n) is 3.57. The van der Waals surface area contributed by atoms with Crippen molar-refractivity contribution in [3.63, 3.8) is 0 Å². The molecule has 0 unspecified atom stereocenters. The SMILES string of the molecule is Cc1cccc2c(C)nc(CN)cc12. The third-order valence-corrected chi connectivity index (χ3v) is 2.55. The summed E-state index contributed by atoms with van der Waals surface area (Å²) < 4.78 is 0. The quantitative estimate of drug-likeness (QED) is 0.742. The number of pyridine rings is 1. The van der Waals surface area contributed by atoms with Gasteiger partial charge in [-0.2, -0.15) is 0 Å². The number of fused-ring (bicyclic) bond motifs is 1. The van der Waals surface area contributed by atoms with E-state index >= 15 is 0 Å². The Morgan fingerprint density at radius 3 is 2.71 bits per heavy atom. The molecule has 0 radical (unpaired) electrons. The van der Waals surface area contributed by atoms with Crippen molar-refractivity contribution < 1.29 is 0 Å². The third-order valence-electron chi connectivity index (χ3n) is 2.55. The molecule has 2 heteroatoms. The van der Waals surface area contributed by atoms with Gasteiger partial charge in [-0.25, -0.2) is 0 Å². The van der Waals surface area contributed by atoms with Crippen LogP contribution in [-0.2, 0) is 6.54 Å². The van der Waals surface area contributed by atoms with Crippen LogP contribution in [0.15, 0.2) is 24.3 Å². The van der Waals surface area contributed by atoms with Gasteiger partial charge in [-0.15, -0.1) is 0 Å². The van der Waals surface area contributed by atoms with E-state index < -0.39 is 0 Å². The van der Waals surface area contributed by atoms with Gasteiger partial charge in [0.25, 0.3) is 0 Å². The summed E-state index contributed by atoms with van der Waals surface area (Å²) in [5, 5.41) is 2.49. The van der Waals surface area contributed by atoms with E-state index in [4.69, 9.17) is 5.73 Å². The van der Waals surface area contributed by atoms with E-state index in [0.29, 0.717) is 6.54 Å². The van der Waals surface area contributed by atoms with E-state index in [-0.39, 0.29) is 0 Å². The van der Waals surface area contributed by atoms with Gasteiger partial charge >= 0.3 is 0 Å². The van der Waals surface area contributed by atoms with E-state index in [1.807, 2.05) is 6.92 Å². The molecule has 0 fully saturated rings. The minimum atomic E-state index is 0.505. The van der Waals surface area contributed by atoms with E-state index in [1.54, 1.807) is 0 Å². The highest BCUT2D eigenvalue weighted by Gasteiger charge is 2.02. The van der Waals surface area contributed by atoms with E-state index in [2.05, 4.69) is 36.2 Å². The molecular weight excluding hydrogens is 172 g/mol. The zero-order valence-electron chi connectivity index (χ0n) is 8.54.